The van der Waals surface area contributed by atoms with Crippen LogP contribution in [-0.2, 0) is 9.47 Å². The van der Waals surface area contributed by atoms with Gasteiger partial charge in [-0.3, -0.25) is 0 Å². The van der Waals surface area contributed by atoms with Crippen molar-refractivity contribution in [2.75, 3.05) is 13.2 Å². The maximum absolute atomic E-state index is 13.4. The first-order valence-corrected chi connectivity index (χ1v) is 9.19. The Labute approximate surface area is 161 Å². The van der Waals surface area contributed by atoms with E-state index >= 15 is 0 Å². The van der Waals surface area contributed by atoms with Gasteiger partial charge in [0.25, 0.3) is 0 Å². The van der Waals surface area contributed by atoms with Crippen LogP contribution >= 0.6 is 0 Å². The molecular weight excluding hydrogens is 363 g/mol. The van der Waals surface area contributed by atoms with Gasteiger partial charge in [0.15, 0.2) is 5.82 Å². The number of aromatic nitrogens is 4. The molecule has 2 aromatic heterocycles. The zero-order valence-electron chi connectivity index (χ0n) is 15.7. The van der Waals surface area contributed by atoms with E-state index in [1.54, 1.807) is 24.4 Å². The first-order chi connectivity index (χ1) is 13.6. The number of hydrogen-bond donors (Lipinski definition) is 1. The summed E-state index contributed by atoms with van der Waals surface area (Å²) in [6.45, 7) is 5.02. The van der Waals surface area contributed by atoms with Gasteiger partial charge in [0, 0.05) is 11.8 Å². The highest BCUT2D eigenvalue weighted by Crippen LogP contribution is 2.33. The van der Waals surface area contributed by atoms with Gasteiger partial charge in [-0.25, -0.2) is 14.4 Å². The molecule has 1 N–H and O–H groups in total. The van der Waals surface area contributed by atoms with Crippen LogP contribution in [0.2, 0.25) is 0 Å². The van der Waals surface area contributed by atoms with Crippen molar-refractivity contribution in [2.45, 2.75) is 32.7 Å². The van der Waals surface area contributed by atoms with E-state index in [2.05, 4.69) is 19.9 Å². The lowest BCUT2D eigenvalue weighted by molar-refractivity contribution is -0.186. The second-order valence-electron chi connectivity index (χ2n) is 6.67. The van der Waals surface area contributed by atoms with Gasteiger partial charge in [-0.1, -0.05) is 0 Å². The Kier molecular flexibility index (Phi) is 5.31. The fraction of sp³-hybridized carbons (Fsp3) is 0.350. The first kappa shape index (κ1) is 18.5. The van der Waals surface area contributed by atoms with E-state index in [1.165, 1.54) is 12.1 Å². The predicted octanol–water partition coefficient (Wildman–Crippen LogP) is 3.90. The molecule has 8 heteroatoms. The van der Waals surface area contributed by atoms with E-state index in [-0.39, 0.29) is 17.9 Å². The fourth-order valence-electron chi connectivity index (χ4n) is 2.90. The molecule has 0 amide bonds. The largest absolute Gasteiger partial charge is 0.461 e. The highest BCUT2D eigenvalue weighted by atomic mass is 19.1. The fourth-order valence-corrected chi connectivity index (χ4v) is 2.90. The third-order valence-corrected chi connectivity index (χ3v) is 4.12. The molecule has 7 nitrogen and oxygen atoms in total. The maximum Gasteiger partial charge on any atom is 0.317 e. The smallest absolute Gasteiger partial charge is 0.317 e. The molecular formula is C20H21FN4O3. The Morgan fingerprint density at radius 2 is 1.86 bits per heavy atom. The van der Waals surface area contributed by atoms with Crippen LogP contribution in [0.5, 0.6) is 6.01 Å². The number of rotatable bonds is 5. The lowest BCUT2D eigenvalue weighted by atomic mass is 10.1. The molecule has 1 aromatic carbocycles. The summed E-state index contributed by atoms with van der Waals surface area (Å²) in [4.78, 5) is 16.6. The van der Waals surface area contributed by atoms with Crippen molar-refractivity contribution >= 4 is 0 Å². The summed E-state index contributed by atoms with van der Waals surface area (Å²) in [5.74, 6) is 0.230. The lowest BCUT2D eigenvalue weighted by Crippen LogP contribution is -2.18. The van der Waals surface area contributed by atoms with Gasteiger partial charge < -0.3 is 19.2 Å². The van der Waals surface area contributed by atoms with Gasteiger partial charge in [-0.05, 0) is 50.6 Å². The van der Waals surface area contributed by atoms with E-state index in [4.69, 9.17) is 14.2 Å². The Bertz CT molecular complexity index is 937. The summed E-state index contributed by atoms with van der Waals surface area (Å²) in [6, 6.07) is 8.18. The zero-order chi connectivity index (χ0) is 19.5. The molecule has 3 aromatic rings. The summed E-state index contributed by atoms with van der Waals surface area (Å²) in [5.41, 5.74) is 2.65. The van der Waals surface area contributed by atoms with Crippen LogP contribution in [0.15, 0.2) is 36.5 Å². The molecule has 1 aliphatic rings. The molecule has 1 fully saturated rings. The van der Waals surface area contributed by atoms with Crippen molar-refractivity contribution < 1.29 is 18.6 Å². The Balaban J connectivity index is 1.78. The van der Waals surface area contributed by atoms with Gasteiger partial charge in [0.2, 0.25) is 6.29 Å². The number of benzene rings is 1. The summed E-state index contributed by atoms with van der Waals surface area (Å²) in [6.07, 6.45) is 1.85. The molecule has 0 radical (unpaired) electrons. The third-order valence-electron chi connectivity index (χ3n) is 4.12. The first-order valence-electron chi connectivity index (χ1n) is 9.19. The van der Waals surface area contributed by atoms with Crippen molar-refractivity contribution in [2.24, 2.45) is 0 Å². The third kappa shape index (κ3) is 4.02. The minimum absolute atomic E-state index is 0.0480. The SMILES string of the molecule is CC(C)Oc1nccc(-c2[nH]c(C3OCCCO3)nc2-c2ccc(F)cc2)n1. The van der Waals surface area contributed by atoms with Crippen molar-refractivity contribution in [1.82, 2.24) is 19.9 Å². The van der Waals surface area contributed by atoms with E-state index in [0.29, 0.717) is 36.1 Å². The molecule has 28 heavy (non-hydrogen) atoms. The average Bonchev–Trinajstić information content (AvgIpc) is 3.14. The van der Waals surface area contributed by atoms with E-state index in [0.717, 1.165) is 12.0 Å². The van der Waals surface area contributed by atoms with Crippen molar-refractivity contribution in [3.8, 4) is 28.7 Å². The number of imidazole rings is 1. The summed E-state index contributed by atoms with van der Waals surface area (Å²) >= 11 is 0. The molecule has 3 heterocycles. The van der Waals surface area contributed by atoms with Crippen LogP contribution in [0.25, 0.3) is 22.6 Å². The second kappa shape index (κ2) is 8.04. The highest BCUT2D eigenvalue weighted by Gasteiger charge is 2.24. The van der Waals surface area contributed by atoms with Crippen LogP contribution in [0, 0.1) is 5.82 Å². The van der Waals surface area contributed by atoms with Crippen LogP contribution in [0.4, 0.5) is 4.39 Å². The molecule has 0 atom stereocenters. The molecule has 0 bridgehead atoms. The topological polar surface area (TPSA) is 82.2 Å². The zero-order valence-corrected chi connectivity index (χ0v) is 15.7. The van der Waals surface area contributed by atoms with Gasteiger partial charge in [-0.15, -0.1) is 0 Å². The molecule has 1 saturated heterocycles. The average molecular weight is 384 g/mol. The normalized spacial score (nSPS) is 15.1. The van der Waals surface area contributed by atoms with Gasteiger partial charge in [-0.2, -0.15) is 4.98 Å². The summed E-state index contributed by atoms with van der Waals surface area (Å²) < 4.78 is 30.3. The predicted molar refractivity (Wildman–Crippen MR) is 100 cm³/mol. The lowest BCUT2D eigenvalue weighted by Gasteiger charge is -2.21. The maximum atomic E-state index is 13.4. The number of ether oxygens (including phenoxy) is 3. The van der Waals surface area contributed by atoms with Crippen LogP contribution in [0.3, 0.4) is 0 Å². The molecule has 0 spiro atoms. The minimum Gasteiger partial charge on any atom is -0.461 e. The highest BCUT2D eigenvalue weighted by molar-refractivity contribution is 5.76. The van der Waals surface area contributed by atoms with Crippen LogP contribution in [-0.4, -0.2) is 39.3 Å². The second-order valence-corrected chi connectivity index (χ2v) is 6.67. The van der Waals surface area contributed by atoms with E-state index in [9.17, 15) is 4.39 Å². The summed E-state index contributed by atoms with van der Waals surface area (Å²) in [7, 11) is 0. The van der Waals surface area contributed by atoms with E-state index < -0.39 is 6.29 Å². The molecule has 0 saturated carbocycles. The van der Waals surface area contributed by atoms with Crippen molar-refractivity contribution in [3.05, 3.63) is 48.2 Å². The Hall–Kier alpha value is -2.84. The van der Waals surface area contributed by atoms with Crippen molar-refractivity contribution in [3.63, 3.8) is 0 Å². The Morgan fingerprint density at radius 3 is 2.57 bits per heavy atom. The standard InChI is InChI=1S/C20H21FN4O3/c1-12(2)28-20-22-9-8-15(23-20)17-16(13-4-6-14(21)7-5-13)24-18(25-17)19-26-10-3-11-27-19/h4-9,12,19H,3,10-11H2,1-2H3,(H,24,25). The van der Waals surface area contributed by atoms with Crippen LogP contribution < -0.4 is 4.74 Å². The molecule has 146 valence electrons. The molecule has 1 aliphatic heterocycles. The van der Waals surface area contributed by atoms with Gasteiger partial charge >= 0.3 is 6.01 Å². The quantitative estimate of drug-likeness (QED) is 0.719. The summed E-state index contributed by atoms with van der Waals surface area (Å²) in [5, 5.41) is 0. The number of halogens is 1. The molecule has 0 aliphatic carbocycles. The number of nitrogens with one attached hydrogen (secondary N) is 1. The Morgan fingerprint density at radius 1 is 1.11 bits per heavy atom. The number of H-pyrrole nitrogens is 1. The van der Waals surface area contributed by atoms with Gasteiger partial charge in [0.05, 0.1) is 36.4 Å². The van der Waals surface area contributed by atoms with Crippen LogP contribution in [0.1, 0.15) is 32.4 Å². The van der Waals surface area contributed by atoms with E-state index in [1.807, 2.05) is 13.8 Å². The minimum atomic E-state index is -0.574. The van der Waals surface area contributed by atoms with Gasteiger partial charge in [0.1, 0.15) is 5.82 Å². The number of aromatic amines is 1. The number of hydrogen-bond acceptors (Lipinski definition) is 6. The number of nitrogens with zero attached hydrogens (tertiary/aromatic N) is 3. The molecule has 0 unspecified atom stereocenters. The van der Waals surface area contributed by atoms with Crippen molar-refractivity contribution in [1.29, 1.82) is 0 Å². The monoisotopic (exact) mass is 384 g/mol. The molecule has 4 rings (SSSR count).